The number of nitrogens with zero attached hydrogens (tertiary/aromatic N) is 2. The SMILES string of the molecule is CCO[Si](C)(C)CCCCN(CCN(C)C)[Si](CC)(CC)CC. The number of rotatable bonds is 14. The average Bonchev–Trinajstić information content (AvgIpc) is 2.49. The summed E-state index contributed by atoms with van der Waals surface area (Å²) in [6, 6.07) is 5.49. The summed E-state index contributed by atoms with van der Waals surface area (Å²) in [5.41, 5.74) is 0. The zero-order valence-electron chi connectivity index (χ0n) is 17.4. The summed E-state index contributed by atoms with van der Waals surface area (Å²) in [6.45, 7) is 18.7. The number of hydrogen-bond acceptors (Lipinski definition) is 3. The fourth-order valence-electron chi connectivity index (χ4n) is 3.64. The van der Waals surface area contributed by atoms with Crippen LogP contribution in [-0.4, -0.2) is 66.4 Å². The predicted molar refractivity (Wildman–Crippen MR) is 110 cm³/mol. The lowest BCUT2D eigenvalue weighted by Gasteiger charge is -2.41. The number of hydrogen-bond donors (Lipinski definition) is 0. The van der Waals surface area contributed by atoms with Crippen LogP contribution in [0.4, 0.5) is 0 Å². The van der Waals surface area contributed by atoms with Crippen LogP contribution in [-0.2, 0) is 4.43 Å². The van der Waals surface area contributed by atoms with Crippen LogP contribution in [0.25, 0.3) is 0 Å². The van der Waals surface area contributed by atoms with E-state index in [0.717, 1.165) is 6.61 Å². The third-order valence-electron chi connectivity index (χ3n) is 5.45. The lowest BCUT2D eigenvalue weighted by atomic mass is 10.3. The fraction of sp³-hybridized carbons (Fsp3) is 1.00. The van der Waals surface area contributed by atoms with Gasteiger partial charge in [0, 0.05) is 19.7 Å². The molecule has 0 saturated carbocycles. The van der Waals surface area contributed by atoms with Crippen molar-refractivity contribution in [2.24, 2.45) is 0 Å². The van der Waals surface area contributed by atoms with Crippen molar-refractivity contribution < 1.29 is 4.43 Å². The standard InChI is InChI=1S/C18H44N2OSi2/c1-9-21-22(7,8)18-14-13-15-20(17-16-19(5)6)23(10-2,11-3)12-4/h9-18H2,1-8H3. The predicted octanol–water partition coefficient (Wildman–Crippen LogP) is 4.88. The zero-order chi connectivity index (χ0) is 17.9. The number of likely N-dealkylation sites (N-methyl/N-ethyl adjacent to an activating group) is 1. The molecule has 0 N–H and O–H groups in total. The molecule has 0 saturated heterocycles. The molecule has 5 heteroatoms. The average molecular weight is 361 g/mol. The molecule has 0 aromatic rings. The highest BCUT2D eigenvalue weighted by molar-refractivity contribution is 6.77. The van der Waals surface area contributed by atoms with Gasteiger partial charge < -0.3 is 13.9 Å². The van der Waals surface area contributed by atoms with Gasteiger partial charge in [0.1, 0.15) is 8.24 Å². The molecule has 0 heterocycles. The van der Waals surface area contributed by atoms with Crippen molar-refractivity contribution in [1.82, 2.24) is 9.47 Å². The smallest absolute Gasteiger partial charge is 0.186 e. The van der Waals surface area contributed by atoms with Gasteiger partial charge in [0.25, 0.3) is 0 Å². The summed E-state index contributed by atoms with van der Waals surface area (Å²) >= 11 is 0. The van der Waals surface area contributed by atoms with E-state index in [1.165, 1.54) is 56.7 Å². The Bertz CT molecular complexity index is 286. The van der Waals surface area contributed by atoms with Gasteiger partial charge in [-0.1, -0.05) is 27.2 Å². The van der Waals surface area contributed by atoms with Gasteiger partial charge in [-0.3, -0.25) is 0 Å². The lowest BCUT2D eigenvalue weighted by molar-refractivity contribution is 0.317. The van der Waals surface area contributed by atoms with Crippen molar-refractivity contribution >= 4 is 16.6 Å². The molecule has 0 bridgehead atoms. The molecular weight excluding hydrogens is 316 g/mol. The molecule has 140 valence electrons. The first kappa shape index (κ1) is 23.3. The van der Waals surface area contributed by atoms with Crippen LogP contribution in [0.15, 0.2) is 0 Å². The van der Waals surface area contributed by atoms with E-state index in [0.29, 0.717) is 0 Å². The minimum absolute atomic E-state index is 0.881. The molecule has 23 heavy (non-hydrogen) atoms. The molecule has 0 unspecified atom stereocenters. The molecule has 0 amide bonds. The third kappa shape index (κ3) is 8.82. The molecule has 0 aliphatic carbocycles. The topological polar surface area (TPSA) is 15.7 Å². The molecular formula is C18H44N2OSi2. The molecule has 0 aliphatic rings. The zero-order valence-corrected chi connectivity index (χ0v) is 19.4. The van der Waals surface area contributed by atoms with E-state index in [4.69, 9.17) is 4.43 Å². The molecule has 0 fully saturated rings. The maximum atomic E-state index is 5.97. The van der Waals surface area contributed by atoms with E-state index in [1.807, 2.05) is 0 Å². The Hall–Kier alpha value is 0.314. The first-order valence-electron chi connectivity index (χ1n) is 9.80. The normalized spacial score (nSPS) is 13.3. The number of unbranched alkanes of at least 4 members (excludes halogenated alkanes) is 1. The third-order valence-corrected chi connectivity index (χ3v) is 13.8. The van der Waals surface area contributed by atoms with Gasteiger partial charge in [-0.25, -0.2) is 0 Å². The van der Waals surface area contributed by atoms with Crippen LogP contribution in [0.1, 0.15) is 40.5 Å². The molecule has 0 spiro atoms. The summed E-state index contributed by atoms with van der Waals surface area (Å²) in [5, 5.41) is 0. The molecule has 0 aromatic carbocycles. The summed E-state index contributed by atoms with van der Waals surface area (Å²) in [6.07, 6.45) is 2.67. The Morgan fingerprint density at radius 1 is 0.783 bits per heavy atom. The highest BCUT2D eigenvalue weighted by atomic mass is 28.4. The van der Waals surface area contributed by atoms with E-state index >= 15 is 0 Å². The minimum Gasteiger partial charge on any atom is -0.418 e. The maximum absolute atomic E-state index is 5.97. The maximum Gasteiger partial charge on any atom is 0.186 e. The van der Waals surface area contributed by atoms with Gasteiger partial charge in [-0.15, -0.1) is 0 Å². The van der Waals surface area contributed by atoms with E-state index in [1.54, 1.807) is 0 Å². The largest absolute Gasteiger partial charge is 0.418 e. The van der Waals surface area contributed by atoms with Crippen molar-refractivity contribution in [1.29, 1.82) is 0 Å². The summed E-state index contributed by atoms with van der Waals surface area (Å²) in [7, 11) is 1.76. The quantitative estimate of drug-likeness (QED) is 0.324. The van der Waals surface area contributed by atoms with Crippen molar-refractivity contribution in [2.45, 2.75) is 77.8 Å². The van der Waals surface area contributed by atoms with Crippen molar-refractivity contribution in [2.75, 3.05) is 40.3 Å². The Kier molecular flexibility index (Phi) is 12.0. The molecule has 0 atom stereocenters. The summed E-state index contributed by atoms with van der Waals surface area (Å²) in [4.78, 5) is 2.33. The second-order valence-corrected chi connectivity index (χ2v) is 17.2. The first-order valence-corrected chi connectivity index (χ1v) is 15.5. The first-order chi connectivity index (χ1) is 10.8. The molecule has 0 rings (SSSR count). The second kappa shape index (κ2) is 11.8. The molecule has 0 aliphatic heterocycles. The van der Waals surface area contributed by atoms with Gasteiger partial charge in [0.05, 0.1) is 0 Å². The Labute approximate surface area is 149 Å². The van der Waals surface area contributed by atoms with E-state index in [2.05, 4.69) is 64.3 Å². The van der Waals surface area contributed by atoms with Crippen LogP contribution in [0.5, 0.6) is 0 Å². The van der Waals surface area contributed by atoms with E-state index in [9.17, 15) is 0 Å². The molecule has 0 aromatic heterocycles. The fourth-order valence-corrected chi connectivity index (χ4v) is 9.72. The van der Waals surface area contributed by atoms with Crippen LogP contribution in [0, 0.1) is 0 Å². The Morgan fingerprint density at radius 2 is 1.35 bits per heavy atom. The minimum atomic E-state index is -1.40. The van der Waals surface area contributed by atoms with E-state index < -0.39 is 16.6 Å². The van der Waals surface area contributed by atoms with Crippen LogP contribution >= 0.6 is 0 Å². The van der Waals surface area contributed by atoms with Crippen molar-refractivity contribution in [3.05, 3.63) is 0 Å². The lowest BCUT2D eigenvalue weighted by Crippen LogP contribution is -2.54. The van der Waals surface area contributed by atoms with Crippen molar-refractivity contribution in [3.8, 4) is 0 Å². The molecule has 0 radical (unpaired) electrons. The monoisotopic (exact) mass is 360 g/mol. The summed E-state index contributed by atoms with van der Waals surface area (Å²) < 4.78 is 8.89. The van der Waals surface area contributed by atoms with Crippen LogP contribution < -0.4 is 0 Å². The van der Waals surface area contributed by atoms with Crippen molar-refractivity contribution in [3.63, 3.8) is 0 Å². The van der Waals surface area contributed by atoms with Gasteiger partial charge in [0.15, 0.2) is 8.32 Å². The molecule has 3 nitrogen and oxygen atoms in total. The summed E-state index contributed by atoms with van der Waals surface area (Å²) in [5.74, 6) is 0. The van der Waals surface area contributed by atoms with Gasteiger partial charge in [0.2, 0.25) is 0 Å². The van der Waals surface area contributed by atoms with Gasteiger partial charge in [-0.05, 0) is 71.3 Å². The van der Waals surface area contributed by atoms with Gasteiger partial charge in [-0.2, -0.15) is 0 Å². The van der Waals surface area contributed by atoms with E-state index in [-0.39, 0.29) is 0 Å². The highest BCUT2D eigenvalue weighted by Gasteiger charge is 2.34. The van der Waals surface area contributed by atoms with Crippen LogP contribution in [0.3, 0.4) is 0 Å². The van der Waals surface area contributed by atoms with Crippen LogP contribution in [0.2, 0.25) is 37.3 Å². The van der Waals surface area contributed by atoms with Gasteiger partial charge >= 0.3 is 0 Å². The highest BCUT2D eigenvalue weighted by Crippen LogP contribution is 2.26. The Morgan fingerprint density at radius 3 is 1.78 bits per heavy atom. The second-order valence-electron chi connectivity index (χ2n) is 7.73. The Balaban J connectivity index is 4.58.